The molecule has 1 saturated carbocycles. The van der Waals surface area contributed by atoms with Gasteiger partial charge in [0.15, 0.2) is 5.76 Å². The van der Waals surface area contributed by atoms with E-state index in [1.807, 2.05) is 36.9 Å². The number of carbonyl (C=O) groups is 2. The van der Waals surface area contributed by atoms with E-state index in [4.69, 9.17) is 4.52 Å². The van der Waals surface area contributed by atoms with Crippen molar-refractivity contribution in [1.82, 2.24) is 5.16 Å². The lowest BCUT2D eigenvalue weighted by Crippen LogP contribution is -2.36. The topological polar surface area (TPSA) is 75.4 Å². The van der Waals surface area contributed by atoms with E-state index in [-0.39, 0.29) is 23.7 Å². The normalized spacial score (nSPS) is 16.4. The van der Waals surface area contributed by atoms with Crippen molar-refractivity contribution < 1.29 is 14.1 Å². The van der Waals surface area contributed by atoms with Crippen LogP contribution >= 0.6 is 0 Å². The Bertz CT molecular complexity index is 896. The molecule has 0 spiro atoms. The van der Waals surface area contributed by atoms with Crippen LogP contribution in [-0.2, 0) is 11.2 Å². The first kappa shape index (κ1) is 17.8. The summed E-state index contributed by atoms with van der Waals surface area (Å²) in [5.41, 5.74) is 3.93. The maximum absolute atomic E-state index is 12.8. The summed E-state index contributed by atoms with van der Waals surface area (Å²) < 4.78 is 5.32. The minimum Gasteiger partial charge on any atom is -0.360 e. The first-order valence-corrected chi connectivity index (χ1v) is 9.67. The van der Waals surface area contributed by atoms with Crippen LogP contribution in [0.15, 0.2) is 22.7 Å². The van der Waals surface area contributed by atoms with Crippen molar-refractivity contribution >= 4 is 23.2 Å². The second-order valence-corrected chi connectivity index (χ2v) is 7.83. The Labute approximate surface area is 158 Å². The van der Waals surface area contributed by atoms with Crippen LogP contribution in [0.2, 0.25) is 0 Å². The first-order valence-electron chi connectivity index (χ1n) is 9.67. The van der Waals surface area contributed by atoms with E-state index in [9.17, 15) is 9.59 Å². The number of carbonyl (C=O) groups excluding carboxylic acids is 2. The van der Waals surface area contributed by atoms with E-state index in [2.05, 4.69) is 10.5 Å². The summed E-state index contributed by atoms with van der Waals surface area (Å²) in [4.78, 5) is 27.2. The van der Waals surface area contributed by atoms with E-state index in [1.54, 1.807) is 6.92 Å². The van der Waals surface area contributed by atoms with Crippen LogP contribution in [0.3, 0.4) is 0 Å². The summed E-state index contributed by atoms with van der Waals surface area (Å²) in [6, 6.07) is 5.80. The van der Waals surface area contributed by atoms with Crippen LogP contribution in [0.4, 0.5) is 11.4 Å². The van der Waals surface area contributed by atoms with Gasteiger partial charge in [-0.25, -0.2) is 0 Å². The molecular weight excluding hydrogens is 342 g/mol. The molecule has 6 heteroatoms. The molecule has 2 amide bonds. The minimum absolute atomic E-state index is 0.0810. The van der Waals surface area contributed by atoms with Gasteiger partial charge in [0, 0.05) is 29.8 Å². The third-order valence-electron chi connectivity index (χ3n) is 5.29. The molecule has 2 heterocycles. The second kappa shape index (κ2) is 6.83. The van der Waals surface area contributed by atoms with E-state index in [0.717, 1.165) is 49.2 Å². The molecule has 142 valence electrons. The van der Waals surface area contributed by atoms with E-state index in [1.165, 1.54) is 0 Å². The number of amides is 2. The van der Waals surface area contributed by atoms with Gasteiger partial charge in [-0.2, -0.15) is 0 Å². The third-order valence-corrected chi connectivity index (χ3v) is 5.29. The zero-order valence-electron chi connectivity index (χ0n) is 16.0. The van der Waals surface area contributed by atoms with Crippen molar-refractivity contribution in [2.24, 2.45) is 5.92 Å². The first-order chi connectivity index (χ1) is 13.0. The van der Waals surface area contributed by atoms with E-state index in [0.29, 0.717) is 17.0 Å². The lowest BCUT2D eigenvalue weighted by Gasteiger charge is -2.30. The fourth-order valence-corrected chi connectivity index (χ4v) is 3.71. The molecule has 1 aliphatic heterocycles. The van der Waals surface area contributed by atoms with Crippen LogP contribution in [0.1, 0.15) is 66.4 Å². The van der Waals surface area contributed by atoms with Gasteiger partial charge in [-0.3, -0.25) is 9.59 Å². The Morgan fingerprint density at radius 2 is 2.07 bits per heavy atom. The Balaban J connectivity index is 1.57. The standard InChI is InChI=1S/C21H25N3O3/c1-12(2)19-18(13(3)23-27-19)20(25)22-16-8-9-17-15(11-16)5-4-10-24(17)21(26)14-6-7-14/h8-9,11-12,14H,4-7,10H2,1-3H3,(H,22,25). The molecule has 2 aliphatic rings. The van der Waals surface area contributed by atoms with Crippen molar-refractivity contribution in [3.63, 3.8) is 0 Å². The number of aromatic nitrogens is 1. The van der Waals surface area contributed by atoms with Crippen molar-refractivity contribution in [3.8, 4) is 0 Å². The summed E-state index contributed by atoms with van der Waals surface area (Å²) >= 11 is 0. The molecule has 1 aliphatic carbocycles. The van der Waals surface area contributed by atoms with Crippen LogP contribution in [0.25, 0.3) is 0 Å². The summed E-state index contributed by atoms with van der Waals surface area (Å²) in [6.07, 6.45) is 3.88. The van der Waals surface area contributed by atoms with Gasteiger partial charge in [0.05, 0.1) is 5.69 Å². The fourth-order valence-electron chi connectivity index (χ4n) is 3.71. The monoisotopic (exact) mass is 367 g/mol. The number of hydrogen-bond donors (Lipinski definition) is 1. The second-order valence-electron chi connectivity index (χ2n) is 7.83. The molecule has 0 unspecified atom stereocenters. The molecule has 1 aromatic carbocycles. The van der Waals surface area contributed by atoms with Crippen LogP contribution in [-0.4, -0.2) is 23.5 Å². The van der Waals surface area contributed by atoms with Gasteiger partial charge in [-0.15, -0.1) is 0 Å². The number of benzene rings is 1. The number of anilines is 2. The molecule has 6 nitrogen and oxygen atoms in total. The Morgan fingerprint density at radius 3 is 2.78 bits per heavy atom. The number of rotatable bonds is 4. The average Bonchev–Trinajstić information content (AvgIpc) is 3.42. The largest absolute Gasteiger partial charge is 0.360 e. The van der Waals surface area contributed by atoms with Gasteiger partial charge in [0.25, 0.3) is 5.91 Å². The van der Waals surface area contributed by atoms with E-state index < -0.39 is 0 Å². The molecular formula is C21H25N3O3. The van der Waals surface area contributed by atoms with E-state index >= 15 is 0 Å². The molecule has 2 aromatic rings. The average molecular weight is 367 g/mol. The van der Waals surface area contributed by atoms with Crippen LogP contribution in [0.5, 0.6) is 0 Å². The smallest absolute Gasteiger partial charge is 0.261 e. The molecule has 0 atom stereocenters. The van der Waals surface area contributed by atoms with Crippen molar-refractivity contribution in [3.05, 3.63) is 40.8 Å². The highest BCUT2D eigenvalue weighted by Gasteiger charge is 2.35. The van der Waals surface area contributed by atoms with Gasteiger partial charge in [-0.05, 0) is 56.4 Å². The summed E-state index contributed by atoms with van der Waals surface area (Å²) in [5.74, 6) is 0.927. The fraction of sp³-hybridized carbons (Fsp3) is 0.476. The Morgan fingerprint density at radius 1 is 1.30 bits per heavy atom. The van der Waals surface area contributed by atoms with Crippen LogP contribution in [0, 0.1) is 12.8 Å². The van der Waals surface area contributed by atoms with Gasteiger partial charge in [0.1, 0.15) is 5.56 Å². The third kappa shape index (κ3) is 3.36. The van der Waals surface area contributed by atoms with Crippen molar-refractivity contribution in [2.75, 3.05) is 16.8 Å². The number of nitrogens with zero attached hydrogens (tertiary/aromatic N) is 2. The van der Waals surface area contributed by atoms with Crippen LogP contribution < -0.4 is 10.2 Å². The molecule has 0 saturated heterocycles. The van der Waals surface area contributed by atoms with Gasteiger partial charge in [0.2, 0.25) is 5.91 Å². The van der Waals surface area contributed by atoms with Gasteiger partial charge < -0.3 is 14.7 Å². The number of aryl methyl sites for hydroxylation is 2. The number of fused-ring (bicyclic) bond motifs is 1. The Kier molecular flexibility index (Phi) is 4.50. The highest BCUT2D eigenvalue weighted by Crippen LogP contribution is 2.36. The molecule has 27 heavy (non-hydrogen) atoms. The quantitative estimate of drug-likeness (QED) is 0.885. The SMILES string of the molecule is Cc1noc(C(C)C)c1C(=O)Nc1ccc2c(c1)CCCN2C(=O)C1CC1. The zero-order valence-corrected chi connectivity index (χ0v) is 16.0. The van der Waals surface area contributed by atoms with Gasteiger partial charge in [-0.1, -0.05) is 19.0 Å². The predicted molar refractivity (Wildman–Crippen MR) is 103 cm³/mol. The molecule has 1 aromatic heterocycles. The van der Waals surface area contributed by atoms with Gasteiger partial charge >= 0.3 is 0 Å². The maximum Gasteiger partial charge on any atom is 0.261 e. The number of hydrogen-bond acceptors (Lipinski definition) is 4. The number of nitrogens with one attached hydrogen (secondary N) is 1. The lowest BCUT2D eigenvalue weighted by atomic mass is 10.00. The maximum atomic E-state index is 12.8. The molecule has 1 N–H and O–H groups in total. The summed E-state index contributed by atoms with van der Waals surface area (Å²) in [5, 5.41) is 6.91. The summed E-state index contributed by atoms with van der Waals surface area (Å²) in [6.45, 7) is 6.51. The highest BCUT2D eigenvalue weighted by atomic mass is 16.5. The van der Waals surface area contributed by atoms with Crippen molar-refractivity contribution in [1.29, 1.82) is 0 Å². The predicted octanol–water partition coefficient (Wildman–Crippen LogP) is 4.05. The molecule has 0 radical (unpaired) electrons. The lowest BCUT2D eigenvalue weighted by molar-refractivity contribution is -0.119. The highest BCUT2D eigenvalue weighted by molar-refractivity contribution is 6.06. The molecule has 0 bridgehead atoms. The molecule has 4 rings (SSSR count). The Hall–Kier alpha value is -2.63. The van der Waals surface area contributed by atoms with Crippen molar-refractivity contribution in [2.45, 2.75) is 52.4 Å². The zero-order chi connectivity index (χ0) is 19.1. The minimum atomic E-state index is -0.209. The summed E-state index contributed by atoms with van der Waals surface area (Å²) in [7, 11) is 0. The molecule has 1 fully saturated rings.